The molecule has 0 spiro atoms. The molecule has 0 saturated carbocycles. The average molecular weight is 282 g/mol. The van der Waals surface area contributed by atoms with Crippen LogP contribution in [0.15, 0.2) is 48.5 Å². The van der Waals surface area contributed by atoms with E-state index in [9.17, 15) is 0 Å². The number of nitrogens with zero attached hydrogens (tertiary/aromatic N) is 1. The normalized spacial score (nSPS) is 10.9. The predicted octanol–water partition coefficient (Wildman–Crippen LogP) is 4.45. The lowest BCUT2D eigenvalue weighted by Crippen LogP contribution is -2.22. The third kappa shape index (κ3) is 4.33. The van der Waals surface area contributed by atoms with Crippen LogP contribution in [-0.2, 0) is 13.1 Å². The average Bonchev–Trinajstić information content (AvgIpc) is 2.53. The van der Waals surface area contributed by atoms with Crippen LogP contribution in [0.25, 0.3) is 0 Å². The molecule has 1 N–H and O–H groups in total. The third-order valence-corrected chi connectivity index (χ3v) is 4.04. The van der Waals surface area contributed by atoms with Crippen molar-refractivity contribution < 1.29 is 0 Å². The molecule has 2 heteroatoms. The van der Waals surface area contributed by atoms with Gasteiger partial charge in [0.05, 0.1) is 0 Å². The number of rotatable bonds is 7. The van der Waals surface area contributed by atoms with Crippen LogP contribution in [0, 0.1) is 6.92 Å². The van der Waals surface area contributed by atoms with Gasteiger partial charge in [0.1, 0.15) is 0 Å². The van der Waals surface area contributed by atoms with Gasteiger partial charge in [-0.15, -0.1) is 0 Å². The summed E-state index contributed by atoms with van der Waals surface area (Å²) in [6, 6.07) is 17.2. The zero-order chi connectivity index (χ0) is 15.1. The Morgan fingerprint density at radius 2 is 1.48 bits per heavy atom. The number of hydrogen-bond acceptors (Lipinski definition) is 2. The summed E-state index contributed by atoms with van der Waals surface area (Å²) in [5.74, 6) is 0. The Labute approximate surface area is 128 Å². The Morgan fingerprint density at radius 1 is 0.857 bits per heavy atom. The largest absolute Gasteiger partial charge is 0.381 e. The molecular weight excluding hydrogens is 256 g/mol. The Kier molecular flexibility index (Phi) is 5.82. The zero-order valence-corrected chi connectivity index (χ0v) is 13.4. The van der Waals surface area contributed by atoms with Crippen LogP contribution in [0.4, 0.5) is 5.69 Å². The van der Waals surface area contributed by atoms with E-state index in [1.165, 1.54) is 22.4 Å². The van der Waals surface area contributed by atoms with E-state index in [0.717, 1.165) is 26.2 Å². The van der Waals surface area contributed by atoms with E-state index >= 15 is 0 Å². The lowest BCUT2D eigenvalue weighted by molar-refractivity contribution is 0.296. The first-order chi connectivity index (χ1) is 10.2. The van der Waals surface area contributed by atoms with Gasteiger partial charge in [0.15, 0.2) is 0 Å². The van der Waals surface area contributed by atoms with Crippen LogP contribution < -0.4 is 5.32 Å². The van der Waals surface area contributed by atoms with Crippen molar-refractivity contribution >= 4 is 5.69 Å². The molecule has 0 aliphatic heterocycles. The second kappa shape index (κ2) is 7.84. The molecule has 2 nitrogen and oxygen atoms in total. The van der Waals surface area contributed by atoms with Crippen molar-refractivity contribution in [2.75, 3.05) is 18.4 Å². The summed E-state index contributed by atoms with van der Waals surface area (Å²) in [6.07, 6.45) is 0. The molecule has 0 aliphatic carbocycles. The summed E-state index contributed by atoms with van der Waals surface area (Å²) >= 11 is 0. The first-order valence-corrected chi connectivity index (χ1v) is 7.83. The van der Waals surface area contributed by atoms with Crippen molar-refractivity contribution in [3.05, 3.63) is 65.2 Å². The molecule has 0 saturated heterocycles. The van der Waals surface area contributed by atoms with E-state index in [1.54, 1.807) is 0 Å². The summed E-state index contributed by atoms with van der Waals surface area (Å²) in [5.41, 5.74) is 5.31. The maximum absolute atomic E-state index is 3.60. The maximum Gasteiger partial charge on any atom is 0.0403 e. The summed E-state index contributed by atoms with van der Waals surface area (Å²) in [4.78, 5) is 2.44. The molecule has 2 aromatic rings. The van der Waals surface area contributed by atoms with Crippen LogP contribution in [0.1, 0.15) is 30.5 Å². The highest BCUT2D eigenvalue weighted by Gasteiger charge is 2.06. The van der Waals surface area contributed by atoms with Gasteiger partial charge >= 0.3 is 0 Å². The van der Waals surface area contributed by atoms with E-state index in [4.69, 9.17) is 0 Å². The number of aryl methyl sites for hydroxylation is 1. The smallest absolute Gasteiger partial charge is 0.0403 e. The molecule has 0 amide bonds. The molecule has 21 heavy (non-hydrogen) atoms. The molecule has 0 bridgehead atoms. The molecule has 0 heterocycles. The standard InChI is InChI=1S/C19H26N2/c1-4-21(5-2)15-18-12-8-9-13-19(18)20-14-17-11-7-6-10-16(17)3/h6-13,20H,4-5,14-15H2,1-3H3. The van der Waals surface area contributed by atoms with Gasteiger partial charge in [0.2, 0.25) is 0 Å². The van der Waals surface area contributed by atoms with E-state index in [0.29, 0.717) is 0 Å². The lowest BCUT2D eigenvalue weighted by atomic mass is 10.1. The molecule has 0 aliphatic rings. The molecule has 2 aromatic carbocycles. The minimum atomic E-state index is 0.877. The monoisotopic (exact) mass is 282 g/mol. The van der Waals surface area contributed by atoms with Crippen molar-refractivity contribution in [2.24, 2.45) is 0 Å². The summed E-state index contributed by atoms with van der Waals surface area (Å²) < 4.78 is 0. The summed E-state index contributed by atoms with van der Waals surface area (Å²) in [6.45, 7) is 10.6. The molecule has 0 aromatic heterocycles. The molecule has 0 atom stereocenters. The topological polar surface area (TPSA) is 15.3 Å². The number of hydrogen-bond donors (Lipinski definition) is 1. The van der Waals surface area contributed by atoms with E-state index < -0.39 is 0 Å². The van der Waals surface area contributed by atoms with Gasteiger partial charge in [-0.1, -0.05) is 56.3 Å². The highest BCUT2D eigenvalue weighted by atomic mass is 15.1. The van der Waals surface area contributed by atoms with Crippen molar-refractivity contribution in [3.8, 4) is 0 Å². The van der Waals surface area contributed by atoms with E-state index in [1.807, 2.05) is 0 Å². The van der Waals surface area contributed by atoms with Crippen LogP contribution in [0.2, 0.25) is 0 Å². The van der Waals surface area contributed by atoms with Crippen LogP contribution in [0.3, 0.4) is 0 Å². The zero-order valence-electron chi connectivity index (χ0n) is 13.4. The Hall–Kier alpha value is -1.80. The van der Waals surface area contributed by atoms with Gasteiger partial charge < -0.3 is 5.32 Å². The number of para-hydroxylation sites is 1. The first kappa shape index (κ1) is 15.6. The van der Waals surface area contributed by atoms with Crippen molar-refractivity contribution in [2.45, 2.75) is 33.9 Å². The Bertz CT molecular complexity index is 559. The minimum Gasteiger partial charge on any atom is -0.381 e. The van der Waals surface area contributed by atoms with Gasteiger partial charge in [-0.2, -0.15) is 0 Å². The molecule has 112 valence electrons. The van der Waals surface area contributed by atoms with Gasteiger partial charge in [0, 0.05) is 18.8 Å². The highest BCUT2D eigenvalue weighted by Crippen LogP contribution is 2.19. The number of benzene rings is 2. The fraction of sp³-hybridized carbons (Fsp3) is 0.368. The fourth-order valence-corrected chi connectivity index (χ4v) is 2.52. The van der Waals surface area contributed by atoms with Crippen molar-refractivity contribution in [3.63, 3.8) is 0 Å². The Morgan fingerprint density at radius 3 is 2.14 bits per heavy atom. The Balaban J connectivity index is 2.08. The van der Waals surface area contributed by atoms with Gasteiger partial charge in [-0.25, -0.2) is 0 Å². The highest BCUT2D eigenvalue weighted by molar-refractivity contribution is 5.51. The third-order valence-electron chi connectivity index (χ3n) is 4.04. The fourth-order valence-electron chi connectivity index (χ4n) is 2.52. The minimum absolute atomic E-state index is 0.877. The van der Waals surface area contributed by atoms with E-state index in [-0.39, 0.29) is 0 Å². The predicted molar refractivity (Wildman–Crippen MR) is 91.6 cm³/mol. The maximum atomic E-state index is 3.60. The lowest BCUT2D eigenvalue weighted by Gasteiger charge is -2.20. The van der Waals surface area contributed by atoms with Gasteiger partial charge in [-0.3, -0.25) is 4.90 Å². The molecule has 0 radical (unpaired) electrons. The van der Waals surface area contributed by atoms with Crippen molar-refractivity contribution in [1.82, 2.24) is 4.90 Å². The second-order valence-corrected chi connectivity index (χ2v) is 5.40. The SMILES string of the molecule is CCN(CC)Cc1ccccc1NCc1ccccc1C. The first-order valence-electron chi connectivity index (χ1n) is 7.83. The summed E-state index contributed by atoms with van der Waals surface area (Å²) in [5, 5.41) is 3.60. The number of nitrogens with one attached hydrogen (secondary N) is 1. The molecular formula is C19H26N2. The van der Waals surface area contributed by atoms with Crippen LogP contribution in [-0.4, -0.2) is 18.0 Å². The van der Waals surface area contributed by atoms with Gasteiger partial charge in [-0.05, 0) is 42.8 Å². The van der Waals surface area contributed by atoms with Crippen LogP contribution >= 0.6 is 0 Å². The number of anilines is 1. The van der Waals surface area contributed by atoms with Gasteiger partial charge in [0.25, 0.3) is 0 Å². The quantitative estimate of drug-likeness (QED) is 0.807. The van der Waals surface area contributed by atoms with E-state index in [2.05, 4.69) is 79.5 Å². The van der Waals surface area contributed by atoms with Crippen molar-refractivity contribution in [1.29, 1.82) is 0 Å². The van der Waals surface area contributed by atoms with Crippen LogP contribution in [0.5, 0.6) is 0 Å². The summed E-state index contributed by atoms with van der Waals surface area (Å²) in [7, 11) is 0. The molecule has 0 unspecified atom stereocenters. The molecule has 0 fully saturated rings. The second-order valence-electron chi connectivity index (χ2n) is 5.40. The molecule has 2 rings (SSSR count).